The summed E-state index contributed by atoms with van der Waals surface area (Å²) in [4.78, 5) is 39.6. The molecule has 1 aliphatic rings. The first kappa shape index (κ1) is 19.7. The molecule has 1 aromatic carbocycles. The number of para-hydroxylation sites is 1. The smallest absolute Gasteiger partial charge is 0.324 e. The van der Waals surface area contributed by atoms with E-state index in [4.69, 9.17) is 4.74 Å². The zero-order valence-electron chi connectivity index (χ0n) is 15.4. The van der Waals surface area contributed by atoms with Crippen LogP contribution in [0.15, 0.2) is 24.3 Å². The molecule has 0 saturated carbocycles. The third-order valence-electron chi connectivity index (χ3n) is 4.17. The van der Waals surface area contributed by atoms with Crippen molar-refractivity contribution >= 4 is 17.8 Å². The number of hydrogen-bond donors (Lipinski definition) is 2. The van der Waals surface area contributed by atoms with Crippen LogP contribution in [0, 0.1) is 0 Å². The number of urea groups is 1. The van der Waals surface area contributed by atoms with Crippen LogP contribution < -0.4 is 15.4 Å². The van der Waals surface area contributed by atoms with Gasteiger partial charge in [-0.2, -0.15) is 0 Å². The molecule has 0 unspecified atom stereocenters. The highest BCUT2D eigenvalue weighted by Crippen LogP contribution is 2.19. The lowest BCUT2D eigenvalue weighted by Gasteiger charge is -2.14. The van der Waals surface area contributed by atoms with Crippen molar-refractivity contribution in [3.8, 4) is 5.75 Å². The van der Waals surface area contributed by atoms with E-state index in [1.165, 1.54) is 0 Å². The lowest BCUT2D eigenvalue weighted by atomic mass is 10.1. The van der Waals surface area contributed by atoms with E-state index in [1.54, 1.807) is 7.11 Å². The van der Waals surface area contributed by atoms with Crippen LogP contribution in [-0.2, 0) is 16.0 Å². The number of rotatable bonds is 9. The summed E-state index contributed by atoms with van der Waals surface area (Å²) in [5.74, 6) is 0.0983. The Balaban J connectivity index is 1.87. The number of nitrogens with zero attached hydrogens (tertiary/aromatic N) is 2. The molecule has 1 aliphatic heterocycles. The van der Waals surface area contributed by atoms with Crippen molar-refractivity contribution < 1.29 is 19.1 Å². The first-order valence-corrected chi connectivity index (χ1v) is 8.57. The number of carbonyl (C=O) groups excluding carboxylic acids is 3. The number of nitrogens with one attached hydrogen (secondary N) is 2. The molecule has 2 rings (SSSR count). The molecule has 142 valence electrons. The van der Waals surface area contributed by atoms with E-state index in [0.717, 1.165) is 16.2 Å². The normalized spacial score (nSPS) is 16.8. The monoisotopic (exact) mass is 362 g/mol. The van der Waals surface area contributed by atoms with Gasteiger partial charge in [-0.05, 0) is 32.1 Å². The SMILES string of the molecule is COc1ccccc1CCN1C(=O)N[C@H](CC(=O)NCCN(C)C)C1=O. The molecule has 0 aromatic heterocycles. The minimum atomic E-state index is -0.806. The molecule has 1 atom stereocenters. The van der Waals surface area contributed by atoms with Crippen LogP contribution in [0.4, 0.5) is 4.79 Å². The van der Waals surface area contributed by atoms with Gasteiger partial charge in [-0.3, -0.25) is 14.5 Å². The molecule has 0 bridgehead atoms. The van der Waals surface area contributed by atoms with Gasteiger partial charge in [0.05, 0.1) is 13.5 Å². The fraction of sp³-hybridized carbons (Fsp3) is 0.500. The second-order valence-corrected chi connectivity index (χ2v) is 6.41. The lowest BCUT2D eigenvalue weighted by molar-refractivity contribution is -0.130. The number of carbonyl (C=O) groups is 3. The Morgan fingerprint density at radius 1 is 1.31 bits per heavy atom. The summed E-state index contributed by atoms with van der Waals surface area (Å²) in [6.07, 6.45) is 0.439. The number of methoxy groups -OCH3 is 1. The van der Waals surface area contributed by atoms with Gasteiger partial charge in [-0.15, -0.1) is 0 Å². The zero-order valence-corrected chi connectivity index (χ0v) is 15.4. The van der Waals surface area contributed by atoms with Crippen molar-refractivity contribution in [1.29, 1.82) is 0 Å². The third kappa shape index (κ3) is 5.19. The highest BCUT2D eigenvalue weighted by molar-refractivity contribution is 6.05. The highest BCUT2D eigenvalue weighted by Gasteiger charge is 2.38. The van der Waals surface area contributed by atoms with Gasteiger partial charge in [0.15, 0.2) is 0 Å². The van der Waals surface area contributed by atoms with E-state index in [2.05, 4.69) is 10.6 Å². The molecule has 4 amide bonds. The number of amides is 4. The van der Waals surface area contributed by atoms with Gasteiger partial charge in [-0.25, -0.2) is 4.79 Å². The minimum Gasteiger partial charge on any atom is -0.496 e. The Bertz CT molecular complexity index is 662. The predicted molar refractivity (Wildman–Crippen MR) is 96.9 cm³/mol. The molecule has 1 aromatic rings. The molecule has 2 N–H and O–H groups in total. The van der Waals surface area contributed by atoms with E-state index in [-0.39, 0.29) is 24.8 Å². The van der Waals surface area contributed by atoms with E-state index in [0.29, 0.717) is 19.5 Å². The molecule has 26 heavy (non-hydrogen) atoms. The lowest BCUT2D eigenvalue weighted by Crippen LogP contribution is -2.38. The summed E-state index contributed by atoms with van der Waals surface area (Å²) < 4.78 is 5.28. The number of ether oxygens (including phenoxy) is 1. The first-order chi connectivity index (χ1) is 12.4. The van der Waals surface area contributed by atoms with Crippen molar-refractivity contribution in [2.24, 2.45) is 0 Å². The van der Waals surface area contributed by atoms with Crippen molar-refractivity contribution in [2.45, 2.75) is 18.9 Å². The standard InChI is InChI=1S/C18H26N4O4/c1-21(2)11-9-19-16(23)12-14-17(24)22(18(25)20-14)10-8-13-6-4-5-7-15(13)26-3/h4-7,14H,8-12H2,1-3H3,(H,19,23)(H,20,25)/t14-/m1/s1. The molecular weight excluding hydrogens is 336 g/mol. The number of hydrogen-bond acceptors (Lipinski definition) is 5. The summed E-state index contributed by atoms with van der Waals surface area (Å²) in [6.45, 7) is 1.45. The van der Waals surface area contributed by atoms with Gasteiger partial charge in [-0.1, -0.05) is 18.2 Å². The Labute approximate surface area is 153 Å². The van der Waals surface area contributed by atoms with Crippen LogP contribution >= 0.6 is 0 Å². The summed E-state index contributed by atoms with van der Waals surface area (Å²) in [6, 6.07) is 6.20. The highest BCUT2D eigenvalue weighted by atomic mass is 16.5. The van der Waals surface area contributed by atoms with Crippen LogP contribution in [0.5, 0.6) is 5.75 Å². The minimum absolute atomic E-state index is 0.0524. The summed E-state index contributed by atoms with van der Waals surface area (Å²) in [5, 5.41) is 5.33. The second kappa shape index (κ2) is 9.19. The number of imide groups is 1. The van der Waals surface area contributed by atoms with Gasteiger partial charge in [0.2, 0.25) is 5.91 Å². The Morgan fingerprint density at radius 2 is 2.04 bits per heavy atom. The van der Waals surface area contributed by atoms with E-state index in [1.807, 2.05) is 43.3 Å². The fourth-order valence-electron chi connectivity index (χ4n) is 2.75. The average Bonchev–Trinajstić information content (AvgIpc) is 2.86. The topological polar surface area (TPSA) is 91.0 Å². The summed E-state index contributed by atoms with van der Waals surface area (Å²) in [5.41, 5.74) is 0.917. The molecule has 1 fully saturated rings. The van der Waals surface area contributed by atoms with Gasteiger partial charge in [0.1, 0.15) is 11.8 Å². The van der Waals surface area contributed by atoms with Gasteiger partial charge < -0.3 is 20.3 Å². The summed E-state index contributed by atoms with van der Waals surface area (Å²) in [7, 11) is 5.40. The van der Waals surface area contributed by atoms with Crippen LogP contribution in [-0.4, -0.2) is 74.5 Å². The molecule has 1 saturated heterocycles. The van der Waals surface area contributed by atoms with Crippen molar-refractivity contribution in [2.75, 3.05) is 40.8 Å². The second-order valence-electron chi connectivity index (χ2n) is 6.41. The largest absolute Gasteiger partial charge is 0.496 e. The first-order valence-electron chi connectivity index (χ1n) is 8.57. The molecule has 8 nitrogen and oxygen atoms in total. The Morgan fingerprint density at radius 3 is 2.73 bits per heavy atom. The fourth-order valence-corrected chi connectivity index (χ4v) is 2.75. The number of benzene rings is 1. The van der Waals surface area contributed by atoms with Crippen molar-refractivity contribution in [3.05, 3.63) is 29.8 Å². The van der Waals surface area contributed by atoms with Gasteiger partial charge >= 0.3 is 6.03 Å². The van der Waals surface area contributed by atoms with E-state index >= 15 is 0 Å². The van der Waals surface area contributed by atoms with Crippen LogP contribution in [0.25, 0.3) is 0 Å². The molecule has 1 heterocycles. The van der Waals surface area contributed by atoms with Crippen LogP contribution in [0.3, 0.4) is 0 Å². The molecule has 0 spiro atoms. The van der Waals surface area contributed by atoms with E-state index in [9.17, 15) is 14.4 Å². The summed E-state index contributed by atoms with van der Waals surface area (Å²) >= 11 is 0. The zero-order chi connectivity index (χ0) is 19.1. The Kier molecular flexibility index (Phi) is 6.97. The maximum absolute atomic E-state index is 12.4. The van der Waals surface area contributed by atoms with Crippen molar-refractivity contribution in [1.82, 2.24) is 20.4 Å². The van der Waals surface area contributed by atoms with Gasteiger partial charge in [0, 0.05) is 19.6 Å². The molecule has 0 aliphatic carbocycles. The molecule has 8 heteroatoms. The third-order valence-corrected chi connectivity index (χ3v) is 4.17. The van der Waals surface area contributed by atoms with E-state index < -0.39 is 12.1 Å². The maximum Gasteiger partial charge on any atom is 0.324 e. The van der Waals surface area contributed by atoms with Crippen LogP contribution in [0.2, 0.25) is 0 Å². The predicted octanol–water partition coefficient (Wildman–Crippen LogP) is 0.226. The maximum atomic E-state index is 12.4. The Hall–Kier alpha value is -2.61. The van der Waals surface area contributed by atoms with Crippen molar-refractivity contribution in [3.63, 3.8) is 0 Å². The molecule has 0 radical (unpaired) electrons. The average molecular weight is 362 g/mol. The molecular formula is C18H26N4O4. The van der Waals surface area contributed by atoms with Crippen LogP contribution in [0.1, 0.15) is 12.0 Å². The van der Waals surface area contributed by atoms with Gasteiger partial charge in [0.25, 0.3) is 5.91 Å². The quantitative estimate of drug-likeness (QED) is 0.614. The number of likely N-dealkylation sites (N-methyl/N-ethyl adjacent to an activating group) is 1.